The van der Waals surface area contributed by atoms with Crippen molar-refractivity contribution in [2.45, 2.75) is 44.6 Å². The molecule has 1 N–H and O–H groups in total. The van der Waals surface area contributed by atoms with Gasteiger partial charge in [-0.2, -0.15) is 0 Å². The highest BCUT2D eigenvalue weighted by Crippen LogP contribution is 2.42. The Balaban J connectivity index is 1.97. The van der Waals surface area contributed by atoms with E-state index in [1.54, 1.807) is 0 Å². The van der Waals surface area contributed by atoms with Crippen LogP contribution in [0.4, 0.5) is 0 Å². The van der Waals surface area contributed by atoms with Crippen LogP contribution in [0.25, 0.3) is 0 Å². The van der Waals surface area contributed by atoms with Crippen LogP contribution in [0.2, 0.25) is 0 Å². The standard InChI is InChI=1S/C19H23NO2S/c1-13-11-14(2)19(15(3)12-13)23(21,22)20-18(17-9-10-17)16-7-5-4-6-8-16/h4-8,11-12,17-18,20H,9-10H2,1-3H3. The number of nitrogens with one attached hydrogen (secondary N) is 1. The van der Waals surface area contributed by atoms with Crippen molar-refractivity contribution in [1.29, 1.82) is 0 Å². The highest BCUT2D eigenvalue weighted by atomic mass is 32.2. The van der Waals surface area contributed by atoms with Crippen molar-refractivity contribution in [2.75, 3.05) is 0 Å². The molecule has 0 radical (unpaired) electrons. The summed E-state index contributed by atoms with van der Waals surface area (Å²) in [5, 5.41) is 0. The first-order valence-electron chi connectivity index (χ1n) is 8.03. The molecule has 1 saturated carbocycles. The van der Waals surface area contributed by atoms with Crippen LogP contribution in [0.3, 0.4) is 0 Å². The zero-order chi connectivity index (χ0) is 16.6. The molecule has 1 aliphatic carbocycles. The zero-order valence-corrected chi connectivity index (χ0v) is 14.7. The van der Waals surface area contributed by atoms with Crippen LogP contribution in [0.1, 0.15) is 41.1 Å². The summed E-state index contributed by atoms with van der Waals surface area (Å²) >= 11 is 0. The molecule has 4 heteroatoms. The molecule has 0 saturated heterocycles. The summed E-state index contributed by atoms with van der Waals surface area (Å²) in [6, 6.07) is 13.6. The summed E-state index contributed by atoms with van der Waals surface area (Å²) in [6.07, 6.45) is 2.15. The first-order chi connectivity index (χ1) is 10.9. The maximum atomic E-state index is 13.0. The van der Waals surface area contributed by atoms with Gasteiger partial charge in [-0.25, -0.2) is 13.1 Å². The van der Waals surface area contributed by atoms with Crippen LogP contribution >= 0.6 is 0 Å². The monoisotopic (exact) mass is 329 g/mol. The minimum atomic E-state index is -3.54. The van der Waals surface area contributed by atoms with Gasteiger partial charge >= 0.3 is 0 Å². The van der Waals surface area contributed by atoms with E-state index in [0.717, 1.165) is 35.1 Å². The lowest BCUT2D eigenvalue weighted by Crippen LogP contribution is -2.31. The van der Waals surface area contributed by atoms with Gasteiger partial charge in [0.1, 0.15) is 0 Å². The molecule has 0 bridgehead atoms. The molecule has 1 fully saturated rings. The van der Waals surface area contributed by atoms with Crippen LogP contribution < -0.4 is 4.72 Å². The number of rotatable bonds is 5. The molecule has 0 amide bonds. The van der Waals surface area contributed by atoms with E-state index in [0.29, 0.717) is 10.8 Å². The number of hydrogen-bond donors (Lipinski definition) is 1. The average Bonchev–Trinajstić information content (AvgIpc) is 3.29. The lowest BCUT2D eigenvalue weighted by molar-refractivity contribution is 0.528. The fourth-order valence-corrected chi connectivity index (χ4v) is 5.09. The van der Waals surface area contributed by atoms with Crippen molar-refractivity contribution in [3.05, 3.63) is 64.7 Å². The van der Waals surface area contributed by atoms with E-state index >= 15 is 0 Å². The fourth-order valence-electron chi connectivity index (χ4n) is 3.34. The van der Waals surface area contributed by atoms with E-state index in [2.05, 4.69) is 4.72 Å². The number of aryl methyl sites for hydroxylation is 3. The Kier molecular flexibility index (Phi) is 4.30. The van der Waals surface area contributed by atoms with Crippen molar-refractivity contribution in [1.82, 2.24) is 4.72 Å². The third-order valence-electron chi connectivity index (χ3n) is 4.41. The Morgan fingerprint density at radius 1 is 1.00 bits per heavy atom. The van der Waals surface area contributed by atoms with Crippen molar-refractivity contribution >= 4 is 10.0 Å². The summed E-state index contributed by atoms with van der Waals surface area (Å²) in [5.74, 6) is 0.401. The smallest absolute Gasteiger partial charge is 0.207 e. The second-order valence-corrected chi connectivity index (χ2v) is 8.23. The highest BCUT2D eigenvalue weighted by molar-refractivity contribution is 7.89. The van der Waals surface area contributed by atoms with Gasteiger partial charge in [-0.15, -0.1) is 0 Å². The second kappa shape index (κ2) is 6.10. The van der Waals surface area contributed by atoms with Gasteiger partial charge in [0.2, 0.25) is 10.0 Å². The van der Waals surface area contributed by atoms with Gasteiger partial charge in [0.15, 0.2) is 0 Å². The number of sulfonamides is 1. The normalized spacial score (nSPS) is 16.3. The molecular weight excluding hydrogens is 306 g/mol. The van der Waals surface area contributed by atoms with E-state index in [-0.39, 0.29) is 6.04 Å². The summed E-state index contributed by atoms with van der Waals surface area (Å²) in [5.41, 5.74) is 3.73. The molecule has 0 aromatic heterocycles. The van der Waals surface area contributed by atoms with Crippen LogP contribution in [0.15, 0.2) is 47.4 Å². The molecule has 122 valence electrons. The lowest BCUT2D eigenvalue weighted by Gasteiger charge is -2.21. The topological polar surface area (TPSA) is 46.2 Å². The van der Waals surface area contributed by atoms with Crippen molar-refractivity contribution < 1.29 is 8.42 Å². The molecule has 23 heavy (non-hydrogen) atoms. The predicted octanol–water partition coefficient (Wildman–Crippen LogP) is 4.04. The van der Waals surface area contributed by atoms with E-state index in [9.17, 15) is 8.42 Å². The van der Waals surface area contributed by atoms with Crippen LogP contribution in [0, 0.1) is 26.7 Å². The quantitative estimate of drug-likeness (QED) is 0.900. The van der Waals surface area contributed by atoms with Gasteiger partial charge in [-0.3, -0.25) is 0 Å². The van der Waals surface area contributed by atoms with Crippen molar-refractivity contribution in [3.63, 3.8) is 0 Å². The van der Waals surface area contributed by atoms with E-state index in [1.165, 1.54) is 0 Å². The average molecular weight is 329 g/mol. The van der Waals surface area contributed by atoms with Crippen molar-refractivity contribution in [2.24, 2.45) is 5.92 Å². The molecule has 1 aliphatic rings. The maximum Gasteiger partial charge on any atom is 0.241 e. The molecule has 0 spiro atoms. The first-order valence-corrected chi connectivity index (χ1v) is 9.52. The summed E-state index contributed by atoms with van der Waals surface area (Å²) in [7, 11) is -3.54. The molecule has 1 atom stereocenters. The SMILES string of the molecule is Cc1cc(C)c(S(=O)(=O)NC(c2ccccc2)C2CC2)c(C)c1. The van der Waals surface area contributed by atoms with Gasteiger partial charge in [-0.1, -0.05) is 48.0 Å². The second-order valence-electron chi connectivity index (χ2n) is 6.57. The highest BCUT2D eigenvalue weighted by Gasteiger charge is 2.36. The van der Waals surface area contributed by atoms with Crippen molar-refractivity contribution in [3.8, 4) is 0 Å². The molecular formula is C19H23NO2S. The molecule has 3 rings (SSSR count). The Morgan fingerprint density at radius 2 is 1.57 bits per heavy atom. The minimum Gasteiger partial charge on any atom is -0.207 e. The molecule has 1 unspecified atom stereocenters. The number of hydrogen-bond acceptors (Lipinski definition) is 2. The molecule has 0 heterocycles. The largest absolute Gasteiger partial charge is 0.241 e. The molecule has 2 aromatic rings. The van der Waals surface area contributed by atoms with E-state index in [4.69, 9.17) is 0 Å². The third-order valence-corrected chi connectivity index (χ3v) is 6.15. The van der Waals surface area contributed by atoms with Gasteiger partial charge in [-0.05, 0) is 56.2 Å². The van der Waals surface area contributed by atoms with Gasteiger partial charge in [0.25, 0.3) is 0 Å². The maximum absolute atomic E-state index is 13.0. The summed E-state index contributed by atoms with van der Waals surface area (Å²) < 4.78 is 28.9. The predicted molar refractivity (Wildman–Crippen MR) is 92.9 cm³/mol. The minimum absolute atomic E-state index is 0.138. The summed E-state index contributed by atoms with van der Waals surface area (Å²) in [4.78, 5) is 0.421. The Bertz CT molecular complexity index is 786. The van der Waals surface area contributed by atoms with Gasteiger partial charge in [0, 0.05) is 6.04 Å². The molecule has 0 aliphatic heterocycles. The third kappa shape index (κ3) is 3.48. The molecule has 2 aromatic carbocycles. The van der Waals surface area contributed by atoms with Gasteiger partial charge < -0.3 is 0 Å². The van der Waals surface area contributed by atoms with Crippen LogP contribution in [-0.4, -0.2) is 8.42 Å². The zero-order valence-electron chi connectivity index (χ0n) is 13.8. The fraction of sp³-hybridized carbons (Fsp3) is 0.368. The summed E-state index contributed by atoms with van der Waals surface area (Å²) in [6.45, 7) is 5.72. The van der Waals surface area contributed by atoms with Crippen LogP contribution in [-0.2, 0) is 10.0 Å². The lowest BCUT2D eigenvalue weighted by atomic mass is 10.0. The Hall–Kier alpha value is -1.65. The van der Waals surface area contributed by atoms with Gasteiger partial charge in [0.05, 0.1) is 4.90 Å². The molecule has 3 nitrogen and oxygen atoms in total. The van der Waals surface area contributed by atoms with Crippen LogP contribution in [0.5, 0.6) is 0 Å². The number of benzene rings is 2. The Labute approximate surface area is 138 Å². The van der Waals surface area contributed by atoms with E-state index in [1.807, 2.05) is 63.2 Å². The first kappa shape index (κ1) is 16.2. The van der Waals surface area contributed by atoms with E-state index < -0.39 is 10.0 Å². The Morgan fingerprint density at radius 3 is 2.09 bits per heavy atom.